The van der Waals surface area contributed by atoms with Crippen LogP contribution in [0.3, 0.4) is 0 Å². The molecular formula is C9H18O3. The van der Waals surface area contributed by atoms with Gasteiger partial charge >= 0.3 is 0 Å². The highest BCUT2D eigenvalue weighted by Crippen LogP contribution is 2.43. The van der Waals surface area contributed by atoms with Crippen LogP contribution in [0.4, 0.5) is 0 Å². The summed E-state index contributed by atoms with van der Waals surface area (Å²) in [5.74, 6) is 0.0282. The van der Waals surface area contributed by atoms with Gasteiger partial charge in [-0.1, -0.05) is 20.8 Å². The van der Waals surface area contributed by atoms with Crippen LogP contribution in [0.2, 0.25) is 0 Å². The van der Waals surface area contributed by atoms with E-state index in [2.05, 4.69) is 20.8 Å². The summed E-state index contributed by atoms with van der Waals surface area (Å²) in [6.07, 6.45) is 0.255. The van der Waals surface area contributed by atoms with Crippen LogP contribution in [-0.4, -0.2) is 26.3 Å². The molecule has 1 heterocycles. The zero-order valence-corrected chi connectivity index (χ0v) is 8.46. The van der Waals surface area contributed by atoms with Gasteiger partial charge in [0.25, 0.3) is 5.97 Å². The van der Waals surface area contributed by atoms with E-state index in [1.807, 2.05) is 0 Å². The number of hydrogen-bond donors (Lipinski definition) is 0. The van der Waals surface area contributed by atoms with Crippen LogP contribution in [0.1, 0.15) is 20.8 Å². The molecule has 0 spiro atoms. The summed E-state index contributed by atoms with van der Waals surface area (Å²) in [6, 6.07) is 0. The molecule has 1 saturated heterocycles. The molecule has 0 bridgehead atoms. The van der Waals surface area contributed by atoms with Crippen LogP contribution in [0.5, 0.6) is 0 Å². The van der Waals surface area contributed by atoms with E-state index < -0.39 is 5.97 Å². The van der Waals surface area contributed by atoms with E-state index in [0.717, 1.165) is 0 Å². The molecule has 12 heavy (non-hydrogen) atoms. The summed E-state index contributed by atoms with van der Waals surface area (Å²) < 4.78 is 15.9. The summed E-state index contributed by atoms with van der Waals surface area (Å²) in [5, 5.41) is 0. The second-order valence-electron chi connectivity index (χ2n) is 3.63. The van der Waals surface area contributed by atoms with Gasteiger partial charge in [-0.15, -0.1) is 0 Å². The highest BCUT2D eigenvalue weighted by Gasteiger charge is 2.55. The Kier molecular flexibility index (Phi) is 2.76. The Hall–Kier alpha value is -0.120. The molecule has 3 heteroatoms. The molecule has 1 fully saturated rings. The minimum absolute atomic E-state index is 0.255. The van der Waals surface area contributed by atoms with Gasteiger partial charge in [-0.25, -0.2) is 0 Å². The zero-order valence-electron chi connectivity index (χ0n) is 8.46. The van der Waals surface area contributed by atoms with Gasteiger partial charge in [-0.2, -0.15) is 0 Å². The predicted molar refractivity (Wildman–Crippen MR) is 45.6 cm³/mol. The van der Waals surface area contributed by atoms with Gasteiger partial charge in [0, 0.05) is 14.2 Å². The van der Waals surface area contributed by atoms with Crippen molar-refractivity contribution >= 4 is 0 Å². The molecule has 0 aromatic rings. The lowest BCUT2D eigenvalue weighted by Crippen LogP contribution is -2.62. The van der Waals surface area contributed by atoms with Crippen LogP contribution in [0, 0.1) is 11.8 Å². The first kappa shape index (κ1) is 9.96. The maximum Gasteiger partial charge on any atom is 0.287 e. The Labute approximate surface area is 74.0 Å². The van der Waals surface area contributed by atoms with Gasteiger partial charge in [-0.05, 0) is 5.92 Å². The third kappa shape index (κ3) is 1.26. The monoisotopic (exact) mass is 174 g/mol. The fourth-order valence-corrected chi connectivity index (χ4v) is 1.79. The first-order valence-electron chi connectivity index (χ1n) is 4.35. The van der Waals surface area contributed by atoms with Crippen molar-refractivity contribution in [3.63, 3.8) is 0 Å². The summed E-state index contributed by atoms with van der Waals surface area (Å²) in [6.45, 7) is 6.36. The standard InChI is InChI=1S/C9H18O3/c1-6(2)8-7(3)9(10-4,11-5)12-8/h6-8H,1-5H3. The largest absolute Gasteiger partial charge is 0.331 e. The Morgan fingerprint density at radius 3 is 2.00 bits per heavy atom. The maximum atomic E-state index is 5.55. The minimum Gasteiger partial charge on any atom is -0.331 e. The van der Waals surface area contributed by atoms with E-state index in [1.165, 1.54) is 0 Å². The molecule has 0 aliphatic carbocycles. The highest BCUT2D eigenvalue weighted by atomic mass is 16.9. The van der Waals surface area contributed by atoms with Crippen molar-refractivity contribution in [2.45, 2.75) is 32.8 Å². The number of ether oxygens (including phenoxy) is 3. The molecule has 0 amide bonds. The van der Waals surface area contributed by atoms with E-state index in [0.29, 0.717) is 11.8 Å². The second-order valence-corrected chi connectivity index (χ2v) is 3.63. The molecule has 0 radical (unpaired) electrons. The van der Waals surface area contributed by atoms with Crippen LogP contribution in [0.15, 0.2) is 0 Å². The van der Waals surface area contributed by atoms with Gasteiger partial charge in [-0.3, -0.25) is 0 Å². The van der Waals surface area contributed by atoms with Crippen molar-refractivity contribution in [2.24, 2.45) is 11.8 Å². The molecule has 0 aromatic heterocycles. The van der Waals surface area contributed by atoms with Crippen LogP contribution < -0.4 is 0 Å². The third-order valence-electron chi connectivity index (χ3n) is 2.58. The fraction of sp³-hybridized carbons (Fsp3) is 1.00. The second kappa shape index (κ2) is 3.32. The fourth-order valence-electron chi connectivity index (χ4n) is 1.79. The predicted octanol–water partition coefficient (Wildman–Crippen LogP) is 1.62. The lowest BCUT2D eigenvalue weighted by molar-refractivity contribution is -0.482. The molecule has 72 valence electrons. The molecule has 0 N–H and O–H groups in total. The molecule has 1 aliphatic heterocycles. The van der Waals surface area contributed by atoms with Crippen molar-refractivity contribution in [2.75, 3.05) is 14.2 Å². The SMILES string of the molecule is COC1(OC)OC(C(C)C)C1C. The van der Waals surface area contributed by atoms with Gasteiger partial charge in [0.1, 0.15) is 0 Å². The van der Waals surface area contributed by atoms with Gasteiger partial charge in [0.2, 0.25) is 0 Å². The number of rotatable bonds is 3. The van der Waals surface area contributed by atoms with E-state index in [4.69, 9.17) is 14.2 Å². The first-order valence-corrected chi connectivity index (χ1v) is 4.35. The van der Waals surface area contributed by atoms with Crippen molar-refractivity contribution < 1.29 is 14.2 Å². The van der Waals surface area contributed by atoms with E-state index >= 15 is 0 Å². The Balaban J connectivity index is 2.56. The maximum absolute atomic E-state index is 5.55. The quantitative estimate of drug-likeness (QED) is 0.608. The summed E-state index contributed by atoms with van der Waals surface area (Å²) in [4.78, 5) is 0. The lowest BCUT2D eigenvalue weighted by Gasteiger charge is -2.52. The molecule has 2 atom stereocenters. The van der Waals surface area contributed by atoms with Crippen molar-refractivity contribution in [1.82, 2.24) is 0 Å². The van der Waals surface area contributed by atoms with Gasteiger partial charge in [0.05, 0.1) is 12.0 Å². The van der Waals surface area contributed by atoms with Crippen LogP contribution in [-0.2, 0) is 14.2 Å². The summed E-state index contributed by atoms with van der Waals surface area (Å²) in [5.41, 5.74) is 0. The average molecular weight is 174 g/mol. The average Bonchev–Trinajstić information content (AvgIpc) is 2.04. The van der Waals surface area contributed by atoms with Crippen molar-refractivity contribution in [1.29, 1.82) is 0 Å². The van der Waals surface area contributed by atoms with Crippen molar-refractivity contribution in [3.05, 3.63) is 0 Å². The summed E-state index contributed by atoms with van der Waals surface area (Å²) >= 11 is 0. The van der Waals surface area contributed by atoms with Crippen LogP contribution >= 0.6 is 0 Å². The smallest absolute Gasteiger partial charge is 0.287 e. The van der Waals surface area contributed by atoms with E-state index in [9.17, 15) is 0 Å². The van der Waals surface area contributed by atoms with E-state index in [-0.39, 0.29) is 6.10 Å². The molecule has 0 saturated carbocycles. The van der Waals surface area contributed by atoms with E-state index in [1.54, 1.807) is 14.2 Å². The number of hydrogen-bond acceptors (Lipinski definition) is 3. The van der Waals surface area contributed by atoms with Gasteiger partial charge < -0.3 is 14.2 Å². The highest BCUT2D eigenvalue weighted by molar-refractivity contribution is 4.87. The molecule has 1 rings (SSSR count). The Morgan fingerprint density at radius 1 is 1.25 bits per heavy atom. The molecule has 2 unspecified atom stereocenters. The minimum atomic E-state index is -0.783. The molecular weight excluding hydrogens is 156 g/mol. The van der Waals surface area contributed by atoms with Crippen LogP contribution in [0.25, 0.3) is 0 Å². The lowest BCUT2D eigenvalue weighted by atomic mass is 9.87. The van der Waals surface area contributed by atoms with Crippen molar-refractivity contribution in [3.8, 4) is 0 Å². The normalized spacial score (nSPS) is 33.5. The number of methoxy groups -OCH3 is 2. The molecule has 3 nitrogen and oxygen atoms in total. The molecule has 1 aliphatic rings. The van der Waals surface area contributed by atoms with Gasteiger partial charge in [0.15, 0.2) is 0 Å². The Morgan fingerprint density at radius 2 is 1.75 bits per heavy atom. The third-order valence-corrected chi connectivity index (χ3v) is 2.58. The zero-order chi connectivity index (χ0) is 9.35. The molecule has 0 aromatic carbocycles. The topological polar surface area (TPSA) is 27.7 Å². The Bertz CT molecular complexity index is 152. The first-order chi connectivity index (χ1) is 5.57. The summed E-state index contributed by atoms with van der Waals surface area (Å²) in [7, 11) is 3.22.